The maximum Gasteiger partial charge on any atom is 0.321 e. The van der Waals surface area contributed by atoms with Crippen molar-refractivity contribution in [2.24, 2.45) is 0 Å². The Hall–Kier alpha value is -2.93. The first kappa shape index (κ1) is 18.4. The number of benzene rings is 2. The fraction of sp³-hybridized carbons (Fsp3) is 0.286. The number of hydrogen-bond acceptors (Lipinski definition) is 5. The normalized spacial score (nSPS) is 16.6. The lowest BCUT2D eigenvalue weighted by molar-refractivity contribution is 0.192. The zero-order valence-electron chi connectivity index (χ0n) is 15.7. The fourth-order valence-electron chi connectivity index (χ4n) is 3.34. The van der Waals surface area contributed by atoms with Crippen LogP contribution in [0.15, 0.2) is 54.6 Å². The molecule has 0 unspecified atom stereocenters. The van der Waals surface area contributed by atoms with Gasteiger partial charge in [0.05, 0.1) is 7.11 Å². The second kappa shape index (κ2) is 8.39. The molecule has 7 heteroatoms. The van der Waals surface area contributed by atoms with Gasteiger partial charge in [0, 0.05) is 30.3 Å². The smallest absolute Gasteiger partial charge is 0.321 e. The highest BCUT2D eigenvalue weighted by molar-refractivity contribution is 7.14. The van der Waals surface area contributed by atoms with Gasteiger partial charge in [-0.05, 0) is 49.2 Å². The third-order valence-electron chi connectivity index (χ3n) is 4.86. The van der Waals surface area contributed by atoms with Crippen LogP contribution in [0.25, 0.3) is 10.6 Å². The van der Waals surface area contributed by atoms with E-state index in [0.717, 1.165) is 46.4 Å². The number of nitrogens with zero attached hydrogens (tertiary/aromatic N) is 3. The summed E-state index contributed by atoms with van der Waals surface area (Å²) in [5.41, 5.74) is 1.84. The fourth-order valence-corrected chi connectivity index (χ4v) is 4.31. The lowest BCUT2D eigenvalue weighted by atomic mass is 9.99. The van der Waals surface area contributed by atoms with E-state index in [0.29, 0.717) is 6.54 Å². The Morgan fingerprint density at radius 2 is 1.93 bits per heavy atom. The number of methoxy groups -OCH3 is 1. The minimum Gasteiger partial charge on any atom is -0.497 e. The van der Waals surface area contributed by atoms with Crippen LogP contribution in [0.1, 0.15) is 23.8 Å². The first-order valence-electron chi connectivity index (χ1n) is 9.32. The van der Waals surface area contributed by atoms with Crippen LogP contribution < -0.4 is 10.1 Å². The van der Waals surface area contributed by atoms with Gasteiger partial charge in [0.25, 0.3) is 0 Å². The van der Waals surface area contributed by atoms with Gasteiger partial charge < -0.3 is 15.0 Å². The summed E-state index contributed by atoms with van der Waals surface area (Å²) in [7, 11) is 1.65. The molecule has 3 aromatic rings. The molecule has 2 heterocycles. The number of aromatic nitrogens is 2. The van der Waals surface area contributed by atoms with Gasteiger partial charge in [0.2, 0.25) is 0 Å². The van der Waals surface area contributed by atoms with E-state index in [1.807, 2.05) is 59.5 Å². The summed E-state index contributed by atoms with van der Waals surface area (Å²) in [6.45, 7) is 1.43. The van der Waals surface area contributed by atoms with Crippen LogP contribution >= 0.6 is 11.3 Å². The summed E-state index contributed by atoms with van der Waals surface area (Å²) in [6, 6.07) is 17.3. The summed E-state index contributed by atoms with van der Waals surface area (Å²) in [6.07, 6.45) is 1.98. The maximum atomic E-state index is 12.6. The number of rotatable bonds is 4. The number of carbonyl (C=O) groups is 1. The topological polar surface area (TPSA) is 67.4 Å². The molecule has 0 spiro atoms. The number of anilines is 1. The molecule has 2 amide bonds. The molecular weight excluding hydrogens is 372 g/mol. The lowest BCUT2D eigenvalue weighted by Gasteiger charge is -2.31. The van der Waals surface area contributed by atoms with Crippen molar-refractivity contribution in [2.45, 2.75) is 18.8 Å². The molecule has 1 aliphatic heterocycles. The van der Waals surface area contributed by atoms with Gasteiger partial charge in [-0.25, -0.2) is 4.79 Å². The van der Waals surface area contributed by atoms with Crippen molar-refractivity contribution in [1.82, 2.24) is 15.1 Å². The Kier molecular flexibility index (Phi) is 5.53. The monoisotopic (exact) mass is 394 g/mol. The minimum absolute atomic E-state index is 0.0595. The van der Waals surface area contributed by atoms with Gasteiger partial charge in [-0.15, -0.1) is 10.2 Å². The zero-order valence-corrected chi connectivity index (χ0v) is 16.5. The van der Waals surface area contributed by atoms with Crippen molar-refractivity contribution in [3.8, 4) is 16.3 Å². The molecular formula is C21H22N4O2S. The molecule has 4 rings (SSSR count). The van der Waals surface area contributed by atoms with E-state index >= 15 is 0 Å². The van der Waals surface area contributed by atoms with Crippen LogP contribution in [0.3, 0.4) is 0 Å². The van der Waals surface area contributed by atoms with Crippen LogP contribution in [-0.4, -0.2) is 41.3 Å². The molecule has 2 aromatic carbocycles. The minimum atomic E-state index is -0.0595. The number of nitrogens with one attached hydrogen (secondary N) is 1. The van der Waals surface area contributed by atoms with Gasteiger partial charge in [-0.1, -0.05) is 29.5 Å². The third-order valence-corrected chi connectivity index (χ3v) is 6.00. The number of ether oxygens (including phenoxy) is 1. The van der Waals surface area contributed by atoms with E-state index in [2.05, 4.69) is 15.5 Å². The summed E-state index contributed by atoms with van der Waals surface area (Å²) >= 11 is 1.60. The SMILES string of the molecule is COc1ccc(-c2nnc([C@@H]3CCCN(C(=O)Nc4ccccc4)C3)s2)cc1. The molecule has 0 bridgehead atoms. The van der Waals surface area contributed by atoms with Crippen LogP contribution in [0, 0.1) is 0 Å². The molecule has 1 atom stereocenters. The maximum absolute atomic E-state index is 12.6. The highest BCUT2D eigenvalue weighted by Gasteiger charge is 2.27. The zero-order chi connectivity index (χ0) is 19.3. The first-order valence-corrected chi connectivity index (χ1v) is 10.1. The largest absolute Gasteiger partial charge is 0.497 e. The number of urea groups is 1. The summed E-state index contributed by atoms with van der Waals surface area (Å²) in [4.78, 5) is 14.5. The number of para-hydroxylation sites is 1. The van der Waals surface area contributed by atoms with Gasteiger partial charge >= 0.3 is 6.03 Å². The number of hydrogen-bond donors (Lipinski definition) is 1. The summed E-state index contributed by atoms with van der Waals surface area (Å²) < 4.78 is 5.21. The van der Waals surface area contributed by atoms with Crippen molar-refractivity contribution < 1.29 is 9.53 Å². The standard InChI is InChI=1S/C21H22N4O2S/c1-27-18-11-9-15(10-12-18)19-23-24-20(28-19)16-6-5-13-25(14-16)21(26)22-17-7-3-2-4-8-17/h2-4,7-12,16H,5-6,13-14H2,1H3,(H,22,26)/t16-/m1/s1. The highest BCUT2D eigenvalue weighted by atomic mass is 32.1. The lowest BCUT2D eigenvalue weighted by Crippen LogP contribution is -2.41. The average Bonchev–Trinajstić information content (AvgIpc) is 3.25. The van der Waals surface area contributed by atoms with Crippen molar-refractivity contribution in [2.75, 3.05) is 25.5 Å². The molecule has 1 aromatic heterocycles. The van der Waals surface area contributed by atoms with Gasteiger partial charge in [-0.2, -0.15) is 0 Å². The molecule has 1 fully saturated rings. The van der Waals surface area contributed by atoms with Crippen LogP contribution in [-0.2, 0) is 0 Å². The summed E-state index contributed by atoms with van der Waals surface area (Å²) in [5.74, 6) is 1.04. The van der Waals surface area contributed by atoms with Crippen molar-refractivity contribution in [3.05, 3.63) is 59.6 Å². The van der Waals surface area contributed by atoms with Crippen LogP contribution in [0.2, 0.25) is 0 Å². The Morgan fingerprint density at radius 3 is 2.68 bits per heavy atom. The van der Waals surface area contributed by atoms with E-state index in [4.69, 9.17) is 4.74 Å². The Labute approximate surface area is 168 Å². The first-order chi connectivity index (χ1) is 13.7. The average molecular weight is 395 g/mol. The van der Waals surface area contributed by atoms with Gasteiger partial charge in [-0.3, -0.25) is 0 Å². The second-order valence-corrected chi connectivity index (χ2v) is 7.76. The van der Waals surface area contributed by atoms with Gasteiger partial charge in [0.15, 0.2) is 0 Å². The van der Waals surface area contributed by atoms with Crippen LogP contribution in [0.4, 0.5) is 10.5 Å². The van der Waals surface area contributed by atoms with E-state index in [9.17, 15) is 4.79 Å². The van der Waals surface area contributed by atoms with E-state index in [-0.39, 0.29) is 11.9 Å². The van der Waals surface area contributed by atoms with E-state index in [1.165, 1.54) is 0 Å². The molecule has 6 nitrogen and oxygen atoms in total. The van der Waals surface area contributed by atoms with E-state index in [1.54, 1.807) is 18.4 Å². The quantitative estimate of drug-likeness (QED) is 0.701. The number of amides is 2. The van der Waals surface area contributed by atoms with Crippen molar-refractivity contribution in [3.63, 3.8) is 0 Å². The second-order valence-electron chi connectivity index (χ2n) is 6.76. The number of likely N-dealkylation sites (tertiary alicyclic amines) is 1. The molecule has 1 N–H and O–H groups in total. The highest BCUT2D eigenvalue weighted by Crippen LogP contribution is 2.33. The molecule has 0 radical (unpaired) electrons. The molecule has 1 saturated heterocycles. The van der Waals surface area contributed by atoms with Crippen molar-refractivity contribution >= 4 is 23.1 Å². The van der Waals surface area contributed by atoms with E-state index < -0.39 is 0 Å². The Bertz CT molecular complexity index is 927. The van der Waals surface area contributed by atoms with Gasteiger partial charge in [0.1, 0.15) is 15.8 Å². The molecule has 1 aliphatic rings. The molecule has 28 heavy (non-hydrogen) atoms. The molecule has 144 valence electrons. The van der Waals surface area contributed by atoms with Crippen molar-refractivity contribution in [1.29, 1.82) is 0 Å². The Balaban J connectivity index is 1.43. The van der Waals surface area contributed by atoms with Crippen LogP contribution in [0.5, 0.6) is 5.75 Å². The predicted octanol–water partition coefficient (Wildman–Crippen LogP) is 4.63. The summed E-state index contributed by atoms with van der Waals surface area (Å²) in [5, 5.41) is 13.6. The molecule has 0 saturated carbocycles. The third kappa shape index (κ3) is 4.14. The Morgan fingerprint density at radius 1 is 1.14 bits per heavy atom. The number of carbonyl (C=O) groups excluding carboxylic acids is 1. The number of piperidine rings is 1. The molecule has 0 aliphatic carbocycles. The predicted molar refractivity (Wildman–Crippen MR) is 111 cm³/mol.